The van der Waals surface area contributed by atoms with Gasteiger partial charge in [-0.1, -0.05) is 30.2 Å². The average Bonchev–Trinajstić information content (AvgIpc) is 3.70. The predicted molar refractivity (Wildman–Crippen MR) is 183 cm³/mol. The Kier molecular flexibility index (Phi) is 13.5. The van der Waals surface area contributed by atoms with Gasteiger partial charge >= 0.3 is 5.97 Å². The number of carbonyl (C=O) groups excluding carboxylic acids is 2. The van der Waals surface area contributed by atoms with Gasteiger partial charge in [-0.25, -0.2) is 17.8 Å². The van der Waals surface area contributed by atoms with Gasteiger partial charge in [-0.15, -0.1) is 11.3 Å². The number of likely N-dealkylation sites (N-methyl/N-ethyl adjacent to an activating group) is 1. The number of likely N-dealkylation sites (tertiary alicyclic amines) is 1. The van der Waals surface area contributed by atoms with Crippen LogP contribution in [-0.2, 0) is 24.4 Å². The Labute approximate surface area is 283 Å². The van der Waals surface area contributed by atoms with E-state index in [1.807, 2.05) is 19.0 Å². The number of hydrogen-bond donors (Lipinski definition) is 3. The molecule has 0 bridgehead atoms. The third kappa shape index (κ3) is 10.7. The molecule has 0 unspecified atom stereocenters. The number of hydrogen-bond acceptors (Lipinski definition) is 10. The van der Waals surface area contributed by atoms with Gasteiger partial charge in [0.25, 0.3) is 10.0 Å². The number of carboxylic acids is 1. The van der Waals surface area contributed by atoms with Crippen molar-refractivity contribution in [3.05, 3.63) is 35.5 Å². The van der Waals surface area contributed by atoms with Crippen LogP contribution in [0, 0.1) is 11.7 Å². The van der Waals surface area contributed by atoms with Crippen LogP contribution in [-0.4, -0.2) is 99.5 Å². The van der Waals surface area contributed by atoms with Crippen molar-refractivity contribution in [1.82, 2.24) is 20.1 Å². The minimum atomic E-state index is -3.91. The van der Waals surface area contributed by atoms with Crippen LogP contribution in [0.3, 0.4) is 0 Å². The largest absolute Gasteiger partial charge is 0.481 e. The number of rotatable bonds is 18. The number of anilines is 2. The fourth-order valence-corrected chi connectivity index (χ4v) is 8.81. The molecule has 4 rings (SSSR count). The third-order valence-corrected chi connectivity index (χ3v) is 12.1. The molecule has 0 aliphatic carbocycles. The number of halogens is 1. The maximum absolute atomic E-state index is 15.3. The zero-order valence-electron chi connectivity index (χ0n) is 26.7. The smallest absolute Gasteiger partial charge is 0.303 e. The first-order valence-corrected chi connectivity index (χ1v) is 18.9. The van der Waals surface area contributed by atoms with Gasteiger partial charge < -0.3 is 25.5 Å². The molecule has 1 aliphatic heterocycles. The highest BCUT2D eigenvalue weighted by Crippen LogP contribution is 2.35. The molecule has 3 heterocycles. The highest BCUT2D eigenvalue weighted by atomic mass is 32.2. The number of aliphatic carboxylic acids is 1. The van der Waals surface area contributed by atoms with Gasteiger partial charge in [0.05, 0.1) is 10.4 Å². The molecule has 1 aliphatic rings. The van der Waals surface area contributed by atoms with Crippen LogP contribution >= 0.6 is 22.7 Å². The van der Waals surface area contributed by atoms with Crippen LogP contribution < -0.4 is 14.9 Å². The van der Waals surface area contributed by atoms with Crippen LogP contribution in [0.15, 0.2) is 33.9 Å². The number of thiophene rings is 1. The summed E-state index contributed by atoms with van der Waals surface area (Å²) in [7, 11) is -0.239. The highest BCUT2D eigenvalue weighted by Gasteiger charge is 2.29. The van der Waals surface area contributed by atoms with E-state index in [9.17, 15) is 22.8 Å². The fourth-order valence-electron chi connectivity index (χ4n) is 5.35. The van der Waals surface area contributed by atoms with Crippen LogP contribution in [0.2, 0.25) is 0 Å². The lowest BCUT2D eigenvalue weighted by Crippen LogP contribution is -2.41. The molecule has 1 saturated heterocycles. The summed E-state index contributed by atoms with van der Waals surface area (Å²) in [5.41, 5.74) is 0.272. The van der Waals surface area contributed by atoms with Gasteiger partial charge in [-0.3, -0.25) is 18.7 Å². The van der Waals surface area contributed by atoms with Gasteiger partial charge in [0.15, 0.2) is 10.9 Å². The van der Waals surface area contributed by atoms with Crippen LogP contribution in [0.1, 0.15) is 51.4 Å². The number of unbranched alkanes of at least 4 members (excludes halogenated alkanes) is 3. The van der Waals surface area contributed by atoms with Gasteiger partial charge in [0.2, 0.25) is 11.8 Å². The Balaban J connectivity index is 1.27. The van der Waals surface area contributed by atoms with Gasteiger partial charge in [-0.05, 0) is 70.4 Å². The number of sulfonamides is 1. The second kappa shape index (κ2) is 17.3. The van der Waals surface area contributed by atoms with E-state index in [-0.39, 0.29) is 51.2 Å². The Morgan fingerprint density at radius 3 is 2.47 bits per heavy atom. The first kappa shape index (κ1) is 36.7. The first-order chi connectivity index (χ1) is 22.4. The molecule has 3 aromatic rings. The molecule has 2 amide bonds. The molecule has 3 N–H and O–H groups in total. The zero-order valence-corrected chi connectivity index (χ0v) is 29.2. The van der Waals surface area contributed by atoms with E-state index >= 15 is 4.39 Å². The normalized spacial score (nSPS) is 14.5. The summed E-state index contributed by atoms with van der Waals surface area (Å²) in [4.78, 5) is 44.1. The lowest BCUT2D eigenvalue weighted by atomic mass is 9.96. The van der Waals surface area contributed by atoms with Gasteiger partial charge in [0, 0.05) is 51.0 Å². The molecule has 0 saturated carbocycles. The lowest BCUT2D eigenvalue weighted by Gasteiger charge is -2.31. The number of fused-ring (bicyclic) bond motifs is 1. The van der Waals surface area contributed by atoms with Crippen molar-refractivity contribution in [2.75, 3.05) is 63.0 Å². The number of benzene rings is 1. The molecule has 47 heavy (non-hydrogen) atoms. The van der Waals surface area contributed by atoms with E-state index in [0.29, 0.717) is 63.1 Å². The van der Waals surface area contributed by atoms with E-state index in [1.54, 1.807) is 17.5 Å². The quantitative estimate of drug-likeness (QED) is 0.163. The van der Waals surface area contributed by atoms with Gasteiger partial charge in [0.1, 0.15) is 9.73 Å². The summed E-state index contributed by atoms with van der Waals surface area (Å²) in [5, 5.41) is 16.4. The number of carbonyl (C=O) groups is 3. The summed E-state index contributed by atoms with van der Waals surface area (Å²) >= 11 is 2.21. The molecule has 0 spiro atoms. The Hall–Kier alpha value is -3.18. The second-order valence-electron chi connectivity index (χ2n) is 11.9. The summed E-state index contributed by atoms with van der Waals surface area (Å²) in [5.74, 6) is -1.89. The third-order valence-electron chi connectivity index (χ3n) is 7.99. The van der Waals surface area contributed by atoms with Crippen LogP contribution in [0.4, 0.5) is 15.2 Å². The first-order valence-electron chi connectivity index (χ1n) is 15.8. The van der Waals surface area contributed by atoms with Crippen molar-refractivity contribution in [3.63, 3.8) is 0 Å². The van der Waals surface area contributed by atoms with E-state index < -0.39 is 21.8 Å². The van der Waals surface area contributed by atoms with Gasteiger partial charge in [-0.2, -0.15) is 0 Å². The molecule has 258 valence electrons. The Bertz CT molecular complexity index is 1610. The molecule has 0 atom stereocenters. The maximum atomic E-state index is 15.3. The highest BCUT2D eigenvalue weighted by molar-refractivity contribution is 7.94. The molecular formula is C31H43FN6O6S3. The minimum Gasteiger partial charge on any atom is -0.481 e. The van der Waals surface area contributed by atoms with E-state index in [4.69, 9.17) is 5.11 Å². The number of amides is 2. The van der Waals surface area contributed by atoms with Crippen molar-refractivity contribution >= 4 is 71.5 Å². The average molecular weight is 711 g/mol. The summed E-state index contributed by atoms with van der Waals surface area (Å²) in [6.07, 6.45) is 4.87. The minimum absolute atomic E-state index is 0.0118. The van der Waals surface area contributed by atoms with Crippen LogP contribution in [0.25, 0.3) is 10.2 Å². The summed E-state index contributed by atoms with van der Waals surface area (Å²) in [6, 6.07) is 5.97. The molecular weight excluding hydrogens is 668 g/mol. The molecule has 1 aromatic carbocycles. The molecule has 16 heteroatoms. The standard InChI is InChI=1S/C31H43FN6O6S3/c1-36(2)17-18-38(47(43,44)28-10-7-19-45-28)23-20-24(32)29-25(21-23)46-31(34-29)35-30(42)22-11-14-37(15-12-22)16-13-33-26(39)8-5-3-4-6-9-27(40)41/h7,10,19-22H,3-6,8-9,11-18H2,1-2H3,(H,33,39)(H,40,41)(H,34,35,42). The molecule has 0 radical (unpaired) electrons. The number of nitrogens with one attached hydrogen (secondary N) is 2. The molecule has 12 nitrogen and oxygen atoms in total. The van der Waals surface area contributed by atoms with Crippen molar-refractivity contribution in [2.24, 2.45) is 5.92 Å². The lowest BCUT2D eigenvalue weighted by molar-refractivity contribution is -0.137. The van der Waals surface area contributed by atoms with Crippen molar-refractivity contribution in [2.45, 2.75) is 55.6 Å². The zero-order chi connectivity index (χ0) is 34.0. The topological polar surface area (TPSA) is 152 Å². The van der Waals surface area contributed by atoms with Crippen molar-refractivity contribution < 1.29 is 32.3 Å². The van der Waals surface area contributed by atoms with Crippen molar-refractivity contribution in [3.8, 4) is 0 Å². The Morgan fingerprint density at radius 2 is 1.81 bits per heavy atom. The SMILES string of the molecule is CN(C)CCN(c1cc(F)c2nc(NC(=O)C3CCN(CCNC(=O)CCCCCCC(=O)O)CC3)sc2c1)S(=O)(=O)c1cccs1. The number of aromatic nitrogens is 1. The molecule has 2 aromatic heterocycles. The number of carboxylic acid groups (broad SMARTS) is 1. The number of piperidine rings is 1. The second-order valence-corrected chi connectivity index (χ2v) is 15.9. The predicted octanol–water partition coefficient (Wildman–Crippen LogP) is 4.45. The monoisotopic (exact) mass is 710 g/mol. The Morgan fingerprint density at radius 1 is 1.09 bits per heavy atom. The number of nitrogens with zero attached hydrogens (tertiary/aromatic N) is 4. The number of thiazole rings is 1. The summed E-state index contributed by atoms with van der Waals surface area (Å²) in [6.45, 7) is 3.18. The maximum Gasteiger partial charge on any atom is 0.303 e. The van der Waals surface area contributed by atoms with Crippen LogP contribution in [0.5, 0.6) is 0 Å². The van der Waals surface area contributed by atoms with E-state index in [1.165, 1.54) is 16.4 Å². The van der Waals surface area contributed by atoms with E-state index in [2.05, 4.69) is 20.5 Å². The molecule has 1 fully saturated rings. The van der Waals surface area contributed by atoms with Crippen molar-refractivity contribution in [1.29, 1.82) is 0 Å². The van der Waals surface area contributed by atoms with E-state index in [0.717, 1.165) is 41.9 Å². The summed E-state index contributed by atoms with van der Waals surface area (Å²) < 4.78 is 44.1. The fraction of sp³-hybridized carbons (Fsp3) is 0.548.